The van der Waals surface area contributed by atoms with Crippen LogP contribution < -0.4 is 10.6 Å². The molecule has 0 amide bonds. The molecule has 2 rings (SSSR count). The molecule has 1 aromatic rings. The fourth-order valence-corrected chi connectivity index (χ4v) is 4.70. The second-order valence-corrected chi connectivity index (χ2v) is 8.69. The lowest BCUT2D eigenvalue weighted by atomic mass is 9.76. The number of hydrogen-bond acceptors (Lipinski definition) is 4. The zero-order valence-corrected chi connectivity index (χ0v) is 17.1. The van der Waals surface area contributed by atoms with Crippen LogP contribution in [0.1, 0.15) is 83.8 Å². The minimum absolute atomic E-state index is 0.0498. The SMILES string of the molecule is CCC(CC=O)(CCCO)N1c2cc(C(C)C)c(N)cc2CCC1(C)C. The van der Waals surface area contributed by atoms with Gasteiger partial charge in [-0.3, -0.25) is 0 Å². The molecular formula is C22H36N2O2. The molecule has 1 aliphatic rings. The van der Waals surface area contributed by atoms with Crippen LogP contribution >= 0.6 is 0 Å². The summed E-state index contributed by atoms with van der Waals surface area (Å²) in [5, 5.41) is 9.45. The molecule has 3 N–H and O–H groups in total. The van der Waals surface area contributed by atoms with Gasteiger partial charge in [-0.15, -0.1) is 0 Å². The first kappa shape index (κ1) is 20.8. The van der Waals surface area contributed by atoms with Gasteiger partial charge in [-0.25, -0.2) is 0 Å². The molecule has 1 heterocycles. The first-order valence-corrected chi connectivity index (χ1v) is 9.99. The molecule has 0 fully saturated rings. The Kier molecular flexibility index (Phi) is 6.38. The minimum Gasteiger partial charge on any atom is -0.398 e. The highest BCUT2D eigenvalue weighted by Crippen LogP contribution is 2.47. The maximum Gasteiger partial charge on any atom is 0.122 e. The van der Waals surface area contributed by atoms with Gasteiger partial charge < -0.3 is 20.5 Å². The smallest absolute Gasteiger partial charge is 0.122 e. The number of aryl methyl sites for hydroxylation is 1. The number of aldehydes is 1. The summed E-state index contributed by atoms with van der Waals surface area (Å²) in [6.45, 7) is 11.2. The fraction of sp³-hybridized carbons (Fsp3) is 0.682. The molecule has 146 valence electrons. The monoisotopic (exact) mass is 360 g/mol. The van der Waals surface area contributed by atoms with E-state index in [2.05, 4.69) is 51.7 Å². The van der Waals surface area contributed by atoms with Gasteiger partial charge in [0.2, 0.25) is 0 Å². The number of benzene rings is 1. The molecule has 1 atom stereocenters. The molecule has 4 nitrogen and oxygen atoms in total. The molecular weight excluding hydrogens is 324 g/mol. The highest BCUT2D eigenvalue weighted by molar-refractivity contribution is 5.69. The maximum atomic E-state index is 11.6. The van der Waals surface area contributed by atoms with E-state index in [4.69, 9.17) is 5.73 Å². The lowest BCUT2D eigenvalue weighted by molar-refractivity contribution is -0.109. The van der Waals surface area contributed by atoms with Gasteiger partial charge in [-0.05, 0) is 75.1 Å². The molecule has 4 heteroatoms. The first-order chi connectivity index (χ1) is 12.2. The number of rotatable bonds is 8. The van der Waals surface area contributed by atoms with Crippen molar-refractivity contribution < 1.29 is 9.90 Å². The number of aliphatic hydroxyl groups excluding tert-OH is 1. The molecule has 26 heavy (non-hydrogen) atoms. The number of nitrogens with zero attached hydrogens (tertiary/aromatic N) is 1. The zero-order chi connectivity index (χ0) is 19.5. The van der Waals surface area contributed by atoms with E-state index in [0.717, 1.165) is 37.7 Å². The summed E-state index contributed by atoms with van der Waals surface area (Å²) in [5.41, 5.74) is 10.5. The minimum atomic E-state index is -0.270. The molecule has 0 saturated heterocycles. The molecule has 1 aliphatic heterocycles. The van der Waals surface area contributed by atoms with E-state index in [1.165, 1.54) is 16.8 Å². The van der Waals surface area contributed by atoms with Crippen LogP contribution in [0.2, 0.25) is 0 Å². The Morgan fingerprint density at radius 3 is 2.62 bits per heavy atom. The van der Waals surface area contributed by atoms with E-state index in [1.54, 1.807) is 0 Å². The third-order valence-electron chi connectivity index (χ3n) is 6.15. The van der Waals surface area contributed by atoms with Gasteiger partial charge in [0, 0.05) is 35.5 Å². The molecule has 0 saturated carbocycles. The van der Waals surface area contributed by atoms with E-state index in [0.29, 0.717) is 18.8 Å². The molecule has 1 aromatic carbocycles. The van der Waals surface area contributed by atoms with E-state index in [1.807, 2.05) is 0 Å². The Morgan fingerprint density at radius 1 is 1.38 bits per heavy atom. The Hall–Kier alpha value is -1.55. The Balaban J connectivity index is 2.67. The summed E-state index contributed by atoms with van der Waals surface area (Å²) in [6.07, 6.45) is 5.94. The summed E-state index contributed by atoms with van der Waals surface area (Å²) in [7, 11) is 0. The molecule has 1 unspecified atom stereocenters. The number of nitrogens with two attached hydrogens (primary N) is 1. The summed E-state index contributed by atoms with van der Waals surface area (Å²) in [4.78, 5) is 14.1. The average molecular weight is 361 g/mol. The van der Waals surface area contributed by atoms with Crippen molar-refractivity contribution in [3.63, 3.8) is 0 Å². The third kappa shape index (κ3) is 3.75. The lowest BCUT2D eigenvalue weighted by Gasteiger charge is -2.56. The van der Waals surface area contributed by atoms with Gasteiger partial charge in [0.15, 0.2) is 0 Å². The third-order valence-corrected chi connectivity index (χ3v) is 6.15. The van der Waals surface area contributed by atoms with Crippen molar-refractivity contribution in [2.75, 3.05) is 17.2 Å². The van der Waals surface area contributed by atoms with Gasteiger partial charge in [-0.2, -0.15) is 0 Å². The average Bonchev–Trinajstić information content (AvgIpc) is 2.58. The van der Waals surface area contributed by atoms with E-state index in [9.17, 15) is 9.90 Å². The van der Waals surface area contributed by atoms with Crippen molar-refractivity contribution in [1.82, 2.24) is 0 Å². The van der Waals surface area contributed by atoms with Crippen LogP contribution in [0, 0.1) is 0 Å². The van der Waals surface area contributed by atoms with Gasteiger partial charge in [-0.1, -0.05) is 20.8 Å². The molecule has 0 radical (unpaired) electrons. The van der Waals surface area contributed by atoms with Crippen LogP contribution in [0.3, 0.4) is 0 Å². The predicted octanol–water partition coefficient (Wildman–Crippen LogP) is 4.43. The highest BCUT2D eigenvalue weighted by atomic mass is 16.3. The summed E-state index contributed by atoms with van der Waals surface area (Å²) >= 11 is 0. The number of fused-ring (bicyclic) bond motifs is 1. The Morgan fingerprint density at radius 2 is 2.08 bits per heavy atom. The topological polar surface area (TPSA) is 66.6 Å². The van der Waals surface area contributed by atoms with E-state index in [-0.39, 0.29) is 17.7 Å². The van der Waals surface area contributed by atoms with Gasteiger partial charge >= 0.3 is 0 Å². The molecule has 0 aliphatic carbocycles. The highest BCUT2D eigenvalue weighted by Gasteiger charge is 2.45. The van der Waals surface area contributed by atoms with Crippen molar-refractivity contribution in [2.45, 2.75) is 90.1 Å². The number of hydrogen-bond donors (Lipinski definition) is 2. The van der Waals surface area contributed by atoms with Crippen molar-refractivity contribution in [1.29, 1.82) is 0 Å². The van der Waals surface area contributed by atoms with E-state index < -0.39 is 0 Å². The van der Waals surface area contributed by atoms with Crippen LogP contribution in [0.15, 0.2) is 12.1 Å². The number of nitrogen functional groups attached to an aromatic ring is 1. The molecule has 0 bridgehead atoms. The second kappa shape index (κ2) is 7.99. The fourth-order valence-electron chi connectivity index (χ4n) is 4.70. The van der Waals surface area contributed by atoms with Crippen molar-refractivity contribution in [3.8, 4) is 0 Å². The van der Waals surface area contributed by atoms with Crippen molar-refractivity contribution in [2.24, 2.45) is 0 Å². The normalized spacial score (nSPS) is 18.5. The largest absolute Gasteiger partial charge is 0.398 e. The number of aliphatic hydroxyl groups is 1. The number of carbonyl (C=O) groups is 1. The Labute approximate surface area is 158 Å². The van der Waals surface area contributed by atoms with Crippen LogP contribution in [0.4, 0.5) is 11.4 Å². The first-order valence-electron chi connectivity index (χ1n) is 9.99. The van der Waals surface area contributed by atoms with Gasteiger partial charge in [0.1, 0.15) is 6.29 Å². The van der Waals surface area contributed by atoms with Crippen LogP contribution in [-0.4, -0.2) is 29.1 Å². The van der Waals surface area contributed by atoms with Crippen LogP contribution in [0.5, 0.6) is 0 Å². The van der Waals surface area contributed by atoms with Gasteiger partial charge in [0.05, 0.1) is 0 Å². The standard InChI is InChI=1S/C22H36N2O2/c1-6-22(11-13-26,9-7-12-25)24-20-15-18(16(2)3)19(23)14-17(20)8-10-21(24,4)5/h13-16,25H,6-12,23H2,1-5H3. The van der Waals surface area contributed by atoms with Crippen molar-refractivity contribution in [3.05, 3.63) is 23.3 Å². The maximum absolute atomic E-state index is 11.6. The number of carbonyl (C=O) groups excluding carboxylic acids is 1. The summed E-state index contributed by atoms with van der Waals surface area (Å²) in [5.74, 6) is 0.353. The summed E-state index contributed by atoms with van der Waals surface area (Å²) < 4.78 is 0. The van der Waals surface area contributed by atoms with E-state index >= 15 is 0 Å². The number of anilines is 2. The molecule has 0 spiro atoms. The summed E-state index contributed by atoms with van der Waals surface area (Å²) in [6, 6.07) is 4.39. The zero-order valence-electron chi connectivity index (χ0n) is 17.1. The lowest BCUT2D eigenvalue weighted by Crippen LogP contribution is -2.61. The second-order valence-electron chi connectivity index (χ2n) is 8.69. The van der Waals surface area contributed by atoms with Crippen molar-refractivity contribution >= 4 is 17.7 Å². The Bertz CT molecular complexity index is 639. The molecule has 0 aromatic heterocycles. The van der Waals surface area contributed by atoms with Gasteiger partial charge in [0.25, 0.3) is 0 Å². The van der Waals surface area contributed by atoms with Crippen LogP contribution in [-0.2, 0) is 11.2 Å². The predicted molar refractivity (Wildman–Crippen MR) is 110 cm³/mol. The van der Waals surface area contributed by atoms with Crippen LogP contribution in [0.25, 0.3) is 0 Å². The quantitative estimate of drug-likeness (QED) is 0.531.